The Morgan fingerprint density at radius 2 is 1.86 bits per heavy atom. The molecule has 0 spiro atoms. The summed E-state index contributed by atoms with van der Waals surface area (Å²) in [7, 11) is 0. The van der Waals surface area contributed by atoms with E-state index in [2.05, 4.69) is 26.3 Å². The van der Waals surface area contributed by atoms with Gasteiger partial charge in [-0.2, -0.15) is 0 Å². The molecule has 1 saturated heterocycles. The SMILES string of the molecule is Cc1nc2ccccc2nc1NCc1cccnc1N1CCC(C(N)=O)CC1. The van der Waals surface area contributed by atoms with Crippen LogP contribution in [0.4, 0.5) is 11.6 Å². The minimum absolute atomic E-state index is 0.0305. The number of carbonyl (C=O) groups is 1. The Kier molecular flexibility index (Phi) is 5.06. The van der Waals surface area contributed by atoms with Gasteiger partial charge in [-0.05, 0) is 38.0 Å². The number of nitrogens with zero attached hydrogens (tertiary/aromatic N) is 4. The van der Waals surface area contributed by atoms with E-state index in [1.165, 1.54) is 0 Å². The zero-order valence-corrected chi connectivity index (χ0v) is 15.9. The molecule has 3 N–H and O–H groups in total. The first kappa shape index (κ1) is 18.2. The molecule has 4 rings (SSSR count). The predicted molar refractivity (Wildman–Crippen MR) is 110 cm³/mol. The Labute approximate surface area is 164 Å². The van der Waals surface area contributed by atoms with Crippen LogP contribution in [0.3, 0.4) is 0 Å². The number of nitrogens with two attached hydrogens (primary N) is 1. The first-order valence-electron chi connectivity index (χ1n) is 9.57. The van der Waals surface area contributed by atoms with Crippen molar-refractivity contribution in [2.24, 2.45) is 11.7 Å². The third kappa shape index (κ3) is 3.74. The van der Waals surface area contributed by atoms with Crippen LogP contribution >= 0.6 is 0 Å². The van der Waals surface area contributed by atoms with Gasteiger partial charge in [-0.25, -0.2) is 15.0 Å². The lowest BCUT2D eigenvalue weighted by Crippen LogP contribution is -2.39. The molecule has 1 aliphatic heterocycles. The molecule has 28 heavy (non-hydrogen) atoms. The highest BCUT2D eigenvalue weighted by Crippen LogP contribution is 2.25. The van der Waals surface area contributed by atoms with E-state index in [-0.39, 0.29) is 11.8 Å². The molecule has 144 valence electrons. The number of fused-ring (bicyclic) bond motifs is 1. The number of hydrogen-bond donors (Lipinski definition) is 2. The zero-order chi connectivity index (χ0) is 19.5. The Balaban J connectivity index is 1.51. The summed E-state index contributed by atoms with van der Waals surface area (Å²) in [5, 5.41) is 3.41. The minimum atomic E-state index is -0.201. The molecule has 1 fully saturated rings. The van der Waals surface area contributed by atoms with Gasteiger partial charge in [0.15, 0.2) is 0 Å². The van der Waals surface area contributed by atoms with Crippen LogP contribution in [0, 0.1) is 12.8 Å². The number of rotatable bonds is 5. The first-order valence-corrected chi connectivity index (χ1v) is 9.57. The van der Waals surface area contributed by atoms with Crippen molar-refractivity contribution < 1.29 is 4.79 Å². The van der Waals surface area contributed by atoms with Crippen LogP contribution in [0.1, 0.15) is 24.1 Å². The summed E-state index contributed by atoms with van der Waals surface area (Å²) in [5.74, 6) is 1.50. The molecule has 7 nitrogen and oxygen atoms in total. The monoisotopic (exact) mass is 376 g/mol. The molecule has 7 heteroatoms. The largest absolute Gasteiger partial charge is 0.369 e. The molecular weight excluding hydrogens is 352 g/mol. The van der Waals surface area contributed by atoms with Gasteiger partial charge < -0.3 is 16.0 Å². The Morgan fingerprint density at radius 3 is 2.57 bits per heavy atom. The summed E-state index contributed by atoms with van der Waals surface area (Å²) in [5.41, 5.74) is 9.17. The predicted octanol–water partition coefficient (Wildman–Crippen LogP) is 2.65. The van der Waals surface area contributed by atoms with Gasteiger partial charge in [-0.15, -0.1) is 0 Å². The summed E-state index contributed by atoms with van der Waals surface area (Å²) in [6.07, 6.45) is 3.35. The fraction of sp³-hybridized carbons (Fsp3) is 0.333. The number of carbonyl (C=O) groups excluding carboxylic acids is 1. The summed E-state index contributed by atoms with van der Waals surface area (Å²) < 4.78 is 0. The lowest BCUT2D eigenvalue weighted by Gasteiger charge is -2.32. The second-order valence-electron chi connectivity index (χ2n) is 7.15. The van der Waals surface area contributed by atoms with Crippen molar-refractivity contribution in [3.63, 3.8) is 0 Å². The molecule has 2 aromatic heterocycles. The first-order chi connectivity index (χ1) is 13.6. The highest BCUT2D eigenvalue weighted by Gasteiger charge is 2.25. The van der Waals surface area contributed by atoms with E-state index in [4.69, 9.17) is 10.7 Å². The van der Waals surface area contributed by atoms with Gasteiger partial charge in [0.1, 0.15) is 11.6 Å². The third-order valence-electron chi connectivity index (χ3n) is 5.26. The standard InChI is InChI=1S/C21H24N6O/c1-14-20(26-18-7-3-2-6-17(18)25-14)24-13-16-5-4-10-23-21(16)27-11-8-15(9-12-27)19(22)28/h2-7,10,15H,8-9,11-13H2,1H3,(H2,22,28)(H,24,26). The number of nitrogens with one attached hydrogen (secondary N) is 1. The molecule has 0 bridgehead atoms. The summed E-state index contributed by atoms with van der Waals surface area (Å²) >= 11 is 0. The summed E-state index contributed by atoms with van der Waals surface area (Å²) in [6, 6.07) is 11.9. The molecule has 0 aliphatic carbocycles. The molecule has 1 aromatic carbocycles. The molecule has 0 unspecified atom stereocenters. The molecule has 1 aliphatic rings. The van der Waals surface area contributed by atoms with E-state index in [9.17, 15) is 4.79 Å². The van der Waals surface area contributed by atoms with Crippen molar-refractivity contribution in [3.8, 4) is 0 Å². The molecule has 0 saturated carbocycles. The third-order valence-corrected chi connectivity index (χ3v) is 5.26. The normalized spacial score (nSPS) is 15.0. The van der Waals surface area contributed by atoms with Gasteiger partial charge >= 0.3 is 0 Å². The van der Waals surface area contributed by atoms with Gasteiger partial charge in [-0.1, -0.05) is 18.2 Å². The van der Waals surface area contributed by atoms with Crippen molar-refractivity contribution in [1.29, 1.82) is 0 Å². The lowest BCUT2D eigenvalue weighted by atomic mass is 9.96. The maximum Gasteiger partial charge on any atom is 0.220 e. The minimum Gasteiger partial charge on any atom is -0.369 e. The fourth-order valence-electron chi connectivity index (χ4n) is 3.66. The Bertz CT molecular complexity index is 997. The van der Waals surface area contributed by atoms with Gasteiger partial charge in [0, 0.05) is 37.3 Å². The number of para-hydroxylation sites is 2. The number of benzene rings is 1. The molecule has 0 radical (unpaired) electrons. The van der Waals surface area contributed by atoms with E-state index in [1.807, 2.05) is 37.3 Å². The van der Waals surface area contributed by atoms with Gasteiger partial charge in [0.25, 0.3) is 0 Å². The number of aryl methyl sites for hydroxylation is 1. The number of amides is 1. The average molecular weight is 376 g/mol. The van der Waals surface area contributed by atoms with Crippen LogP contribution in [0.5, 0.6) is 0 Å². The number of pyridine rings is 1. The number of aromatic nitrogens is 3. The van der Waals surface area contributed by atoms with E-state index in [0.717, 1.165) is 59.9 Å². The zero-order valence-electron chi connectivity index (χ0n) is 15.9. The van der Waals surface area contributed by atoms with E-state index in [0.29, 0.717) is 6.54 Å². The quantitative estimate of drug-likeness (QED) is 0.710. The van der Waals surface area contributed by atoms with Gasteiger partial charge in [-0.3, -0.25) is 4.79 Å². The molecule has 0 atom stereocenters. The van der Waals surface area contributed by atoms with Crippen molar-refractivity contribution in [2.75, 3.05) is 23.3 Å². The number of anilines is 2. The van der Waals surface area contributed by atoms with Gasteiger partial charge in [0.2, 0.25) is 5.91 Å². The van der Waals surface area contributed by atoms with E-state index < -0.39 is 0 Å². The molecule has 3 aromatic rings. The summed E-state index contributed by atoms with van der Waals surface area (Å²) in [6.45, 7) is 4.13. The summed E-state index contributed by atoms with van der Waals surface area (Å²) in [4.78, 5) is 27.6. The second kappa shape index (κ2) is 7.80. The average Bonchev–Trinajstić information content (AvgIpc) is 2.72. The topological polar surface area (TPSA) is 97.0 Å². The van der Waals surface area contributed by atoms with Crippen molar-refractivity contribution in [3.05, 3.63) is 53.9 Å². The van der Waals surface area contributed by atoms with Crippen molar-refractivity contribution >= 4 is 28.6 Å². The number of primary amides is 1. The maximum absolute atomic E-state index is 11.4. The van der Waals surface area contributed by atoms with Crippen LogP contribution in [0.15, 0.2) is 42.6 Å². The van der Waals surface area contributed by atoms with Crippen LogP contribution in [0.25, 0.3) is 11.0 Å². The van der Waals surface area contributed by atoms with E-state index >= 15 is 0 Å². The molecular formula is C21H24N6O. The Morgan fingerprint density at radius 1 is 1.14 bits per heavy atom. The molecule has 3 heterocycles. The maximum atomic E-state index is 11.4. The number of hydrogen-bond acceptors (Lipinski definition) is 6. The smallest absolute Gasteiger partial charge is 0.220 e. The molecule has 1 amide bonds. The van der Waals surface area contributed by atoms with E-state index in [1.54, 1.807) is 6.20 Å². The highest BCUT2D eigenvalue weighted by molar-refractivity contribution is 5.77. The van der Waals surface area contributed by atoms with Crippen LogP contribution in [-0.4, -0.2) is 33.9 Å². The Hall–Kier alpha value is -3.22. The fourth-order valence-corrected chi connectivity index (χ4v) is 3.66. The number of piperidine rings is 1. The lowest BCUT2D eigenvalue weighted by molar-refractivity contribution is -0.122. The van der Waals surface area contributed by atoms with Crippen LogP contribution in [0.2, 0.25) is 0 Å². The van der Waals surface area contributed by atoms with Crippen LogP contribution < -0.4 is 16.0 Å². The van der Waals surface area contributed by atoms with Gasteiger partial charge in [0.05, 0.1) is 16.7 Å². The highest BCUT2D eigenvalue weighted by atomic mass is 16.1. The van der Waals surface area contributed by atoms with Crippen molar-refractivity contribution in [2.45, 2.75) is 26.3 Å². The van der Waals surface area contributed by atoms with Crippen LogP contribution in [-0.2, 0) is 11.3 Å². The van der Waals surface area contributed by atoms with Crippen molar-refractivity contribution in [1.82, 2.24) is 15.0 Å². The second-order valence-corrected chi connectivity index (χ2v) is 7.15.